The van der Waals surface area contributed by atoms with E-state index in [1.165, 1.54) is 19.5 Å². The molecule has 0 aromatic carbocycles. The predicted molar refractivity (Wildman–Crippen MR) is 71.4 cm³/mol. The lowest BCUT2D eigenvalue weighted by Crippen LogP contribution is -2.36. The molecule has 0 saturated heterocycles. The Hall–Kier alpha value is -1.30. The number of thiophene rings is 1. The van der Waals surface area contributed by atoms with Crippen LogP contribution in [0.4, 0.5) is 0 Å². The van der Waals surface area contributed by atoms with Crippen LogP contribution in [0.2, 0.25) is 0 Å². The van der Waals surface area contributed by atoms with Crippen LogP contribution in [0.25, 0.3) is 24.0 Å². The first kappa shape index (κ1) is 11.8. The SMILES string of the molecule is C=C/C=c1/sc(=C/C)/c(=C\C)c1=C=CC. The maximum atomic E-state index is 3.74. The lowest BCUT2D eigenvalue weighted by Gasteiger charge is -1.75. The monoisotopic (exact) mass is 216 g/mol. The van der Waals surface area contributed by atoms with Crippen LogP contribution in [-0.4, -0.2) is 0 Å². The molecule has 1 rings (SSSR count). The fourth-order valence-electron chi connectivity index (χ4n) is 1.50. The Morgan fingerprint density at radius 2 is 1.87 bits per heavy atom. The van der Waals surface area contributed by atoms with Crippen molar-refractivity contribution >= 4 is 35.3 Å². The van der Waals surface area contributed by atoms with Gasteiger partial charge < -0.3 is 0 Å². The molecule has 0 nitrogen and oxygen atoms in total. The summed E-state index contributed by atoms with van der Waals surface area (Å²) in [4.78, 5) is 0. The fraction of sp³-hybridized carbons (Fsp3) is 0.214. The molecule has 0 saturated carbocycles. The summed E-state index contributed by atoms with van der Waals surface area (Å²) in [5, 5.41) is 2.45. The molecule has 0 aliphatic carbocycles. The van der Waals surface area contributed by atoms with Gasteiger partial charge in [-0.3, -0.25) is 0 Å². The molecule has 0 aliphatic rings. The minimum atomic E-state index is 1.18. The summed E-state index contributed by atoms with van der Waals surface area (Å²) in [7, 11) is 0. The van der Waals surface area contributed by atoms with Gasteiger partial charge >= 0.3 is 0 Å². The Morgan fingerprint density at radius 1 is 1.13 bits per heavy atom. The Labute approximate surface area is 94.6 Å². The Balaban J connectivity index is 4.09. The van der Waals surface area contributed by atoms with Crippen molar-refractivity contribution in [1.29, 1.82) is 0 Å². The van der Waals surface area contributed by atoms with Crippen molar-refractivity contribution in [2.75, 3.05) is 0 Å². The van der Waals surface area contributed by atoms with Crippen molar-refractivity contribution in [2.24, 2.45) is 0 Å². The number of allylic oxidation sites excluding steroid dienone is 2. The topological polar surface area (TPSA) is 0 Å². The molecule has 0 aliphatic heterocycles. The molecule has 78 valence electrons. The number of hydrogen-bond donors (Lipinski definition) is 0. The highest BCUT2D eigenvalue weighted by Crippen LogP contribution is 1.72. The average molecular weight is 216 g/mol. The van der Waals surface area contributed by atoms with Gasteiger partial charge in [0.15, 0.2) is 0 Å². The normalized spacial score (nSPS) is 14.2. The van der Waals surface area contributed by atoms with Gasteiger partial charge in [0, 0.05) is 19.5 Å². The third-order valence-electron chi connectivity index (χ3n) is 2.11. The highest BCUT2D eigenvalue weighted by Gasteiger charge is 1.92. The average Bonchev–Trinajstić information content (AvgIpc) is 2.57. The van der Waals surface area contributed by atoms with Crippen LogP contribution in [-0.2, 0) is 0 Å². The van der Waals surface area contributed by atoms with E-state index in [2.05, 4.69) is 38.3 Å². The van der Waals surface area contributed by atoms with E-state index in [1.54, 1.807) is 11.3 Å². The van der Waals surface area contributed by atoms with E-state index in [1.807, 2.05) is 25.2 Å². The molecular weight excluding hydrogens is 200 g/mol. The molecule has 0 radical (unpaired) electrons. The maximum absolute atomic E-state index is 3.74. The summed E-state index contributed by atoms with van der Waals surface area (Å²) in [6, 6.07) is 0. The summed E-state index contributed by atoms with van der Waals surface area (Å²) >= 11 is 1.78. The van der Waals surface area contributed by atoms with Gasteiger partial charge in [-0.05, 0) is 32.9 Å². The van der Waals surface area contributed by atoms with Gasteiger partial charge in [-0.1, -0.05) is 24.8 Å². The molecule has 1 heterocycles. The first-order valence-electron chi connectivity index (χ1n) is 5.04. The van der Waals surface area contributed by atoms with Crippen molar-refractivity contribution in [3.05, 3.63) is 38.2 Å². The van der Waals surface area contributed by atoms with Crippen molar-refractivity contribution in [3.8, 4) is 0 Å². The zero-order valence-corrected chi connectivity index (χ0v) is 10.3. The lowest BCUT2D eigenvalue weighted by atomic mass is 10.3. The highest BCUT2D eigenvalue weighted by molar-refractivity contribution is 7.07. The first-order valence-corrected chi connectivity index (χ1v) is 5.85. The molecular formula is C14H16S. The smallest absolute Gasteiger partial charge is 0.0432 e. The summed E-state index contributed by atoms with van der Waals surface area (Å²) < 4.78 is 2.53. The van der Waals surface area contributed by atoms with Gasteiger partial charge in [-0.15, -0.1) is 17.1 Å². The van der Waals surface area contributed by atoms with Crippen LogP contribution in [0.15, 0.2) is 18.7 Å². The van der Waals surface area contributed by atoms with Crippen LogP contribution in [0, 0.1) is 0 Å². The summed E-state index contributed by atoms with van der Waals surface area (Å²) in [5.74, 6) is 0. The lowest BCUT2D eigenvalue weighted by molar-refractivity contribution is 1.55. The van der Waals surface area contributed by atoms with Crippen molar-refractivity contribution < 1.29 is 0 Å². The molecule has 0 atom stereocenters. The number of rotatable bonds is 1. The number of hydrogen-bond acceptors (Lipinski definition) is 1. The second-order valence-corrected chi connectivity index (χ2v) is 4.12. The van der Waals surface area contributed by atoms with Gasteiger partial charge in [-0.2, -0.15) is 0 Å². The zero-order valence-electron chi connectivity index (χ0n) is 9.50. The molecule has 0 unspecified atom stereocenters. The molecule has 0 spiro atoms. The Morgan fingerprint density at radius 3 is 2.33 bits per heavy atom. The van der Waals surface area contributed by atoms with Gasteiger partial charge in [0.05, 0.1) is 0 Å². The summed E-state index contributed by atoms with van der Waals surface area (Å²) in [6.45, 7) is 9.86. The van der Waals surface area contributed by atoms with E-state index in [-0.39, 0.29) is 0 Å². The van der Waals surface area contributed by atoms with Gasteiger partial charge in [0.1, 0.15) is 0 Å². The van der Waals surface area contributed by atoms with E-state index in [4.69, 9.17) is 0 Å². The largest absolute Gasteiger partial charge is 0.135 e. The van der Waals surface area contributed by atoms with E-state index in [9.17, 15) is 0 Å². The van der Waals surface area contributed by atoms with Crippen LogP contribution in [0.5, 0.6) is 0 Å². The Bertz CT molecular complexity index is 606. The van der Waals surface area contributed by atoms with Crippen molar-refractivity contribution in [3.63, 3.8) is 0 Å². The van der Waals surface area contributed by atoms with Crippen LogP contribution >= 0.6 is 11.3 Å². The minimum Gasteiger partial charge on any atom is -0.135 e. The zero-order chi connectivity index (χ0) is 11.3. The van der Waals surface area contributed by atoms with E-state index in [0.717, 1.165) is 0 Å². The maximum Gasteiger partial charge on any atom is 0.0432 e. The minimum absolute atomic E-state index is 1.18. The summed E-state index contributed by atoms with van der Waals surface area (Å²) in [6.07, 6.45) is 10.1. The molecule has 1 aromatic heterocycles. The van der Waals surface area contributed by atoms with Gasteiger partial charge in [0.25, 0.3) is 0 Å². The van der Waals surface area contributed by atoms with E-state index >= 15 is 0 Å². The third-order valence-corrected chi connectivity index (χ3v) is 3.35. The van der Waals surface area contributed by atoms with Crippen LogP contribution in [0.1, 0.15) is 20.8 Å². The molecule has 0 N–H and O–H groups in total. The van der Waals surface area contributed by atoms with E-state index < -0.39 is 0 Å². The van der Waals surface area contributed by atoms with Crippen LogP contribution in [0.3, 0.4) is 0 Å². The molecule has 15 heavy (non-hydrogen) atoms. The fourth-order valence-corrected chi connectivity index (χ4v) is 2.62. The standard InChI is InChI=1S/C14H16S/c1-5-9-12-11(7-3)13(8-4)15-14(12)10-6-2/h5-8,10H,2H2,1,3-4H3/b11-7-,13-8+,14-10+. The quantitative estimate of drug-likeness (QED) is 0.663. The summed E-state index contributed by atoms with van der Waals surface area (Å²) in [5.41, 5.74) is 3.29. The molecule has 0 bridgehead atoms. The van der Waals surface area contributed by atoms with Crippen LogP contribution < -0.4 is 19.5 Å². The Kier molecular flexibility index (Phi) is 4.36. The van der Waals surface area contributed by atoms with Crippen molar-refractivity contribution in [1.82, 2.24) is 0 Å². The molecule has 0 fully saturated rings. The molecule has 1 aromatic rings. The van der Waals surface area contributed by atoms with Crippen molar-refractivity contribution in [2.45, 2.75) is 20.8 Å². The predicted octanol–water partition coefficient (Wildman–Crippen LogP) is 1.27. The van der Waals surface area contributed by atoms with Gasteiger partial charge in [0.2, 0.25) is 0 Å². The van der Waals surface area contributed by atoms with Gasteiger partial charge in [-0.25, -0.2) is 0 Å². The highest BCUT2D eigenvalue weighted by atomic mass is 32.1. The third kappa shape index (κ3) is 2.38. The molecule has 1 heteroatoms. The second kappa shape index (κ2) is 5.55. The first-order chi connectivity index (χ1) is 7.28. The van der Waals surface area contributed by atoms with E-state index in [0.29, 0.717) is 0 Å². The second-order valence-electron chi connectivity index (χ2n) is 3.03. The molecule has 0 amide bonds.